The molecule has 1 atom stereocenters. The number of rotatable bonds is 3. The molecule has 12 heavy (non-hydrogen) atoms. The van der Waals surface area contributed by atoms with Gasteiger partial charge in [-0.2, -0.15) is 0 Å². The van der Waals surface area contributed by atoms with Crippen LogP contribution in [-0.2, 0) is 0 Å². The maximum Gasteiger partial charge on any atom is 0.0574 e. The highest BCUT2D eigenvalue weighted by atomic mass is 128. The molecule has 0 spiro atoms. The van der Waals surface area contributed by atoms with E-state index in [0.29, 0.717) is 0 Å². The zero-order valence-corrected chi connectivity index (χ0v) is 12.8. The fourth-order valence-corrected chi connectivity index (χ4v) is 0.629. The van der Waals surface area contributed by atoms with Gasteiger partial charge in [0.25, 0.3) is 0 Å². The molecule has 0 fully saturated rings. The molecular weight excluding hydrogens is 397 g/mol. The van der Waals surface area contributed by atoms with Crippen LogP contribution in [0.25, 0.3) is 0 Å². The van der Waals surface area contributed by atoms with Crippen LogP contribution in [0.15, 0.2) is 23.8 Å². The van der Waals surface area contributed by atoms with Crippen molar-refractivity contribution in [3.8, 4) is 0 Å². The molecule has 0 nitrogen and oxygen atoms in total. The first-order valence-corrected chi connectivity index (χ1v) is 10.3. The molecule has 72 valence electrons. The Morgan fingerprint density at radius 2 is 1.83 bits per heavy atom. The fraction of sp³-hybridized carbons (Fsp3) is 0.556. The minimum Gasteiger partial charge on any atom is -0.118 e. The highest BCUT2D eigenvalue weighted by Crippen LogP contribution is 2.12. The van der Waals surface area contributed by atoms with Crippen molar-refractivity contribution in [2.24, 2.45) is 0 Å². The second-order valence-corrected chi connectivity index (χ2v) is 3.36. The molecule has 0 aliphatic heterocycles. The first kappa shape index (κ1) is 15.7. The van der Waals surface area contributed by atoms with Crippen molar-refractivity contribution in [2.75, 3.05) is 0 Å². The molecule has 0 aromatic rings. The van der Waals surface area contributed by atoms with Gasteiger partial charge in [0.05, 0.1) is 5.38 Å². The third-order valence-electron chi connectivity index (χ3n) is 1.27. The molecule has 0 aromatic heterocycles. The highest BCUT2D eigenvalue weighted by Gasteiger charge is 2.00. The summed E-state index contributed by atoms with van der Waals surface area (Å²) in [4.78, 5) is 0. The van der Waals surface area contributed by atoms with Gasteiger partial charge >= 0.3 is 0 Å². The van der Waals surface area contributed by atoms with Crippen molar-refractivity contribution in [3.05, 3.63) is 23.8 Å². The summed E-state index contributed by atoms with van der Waals surface area (Å²) in [6.07, 6.45) is 3.03. The van der Waals surface area contributed by atoms with E-state index in [4.69, 9.17) is 11.6 Å². The number of halogens is 3. The molecule has 0 rings (SSSR count). The van der Waals surface area contributed by atoms with E-state index in [-0.39, 0.29) is 5.38 Å². The number of allylic oxidation sites excluding steroid dienone is 3. The van der Waals surface area contributed by atoms with Gasteiger partial charge in [-0.25, -0.2) is 0 Å². The van der Waals surface area contributed by atoms with Crippen molar-refractivity contribution in [1.82, 2.24) is 0 Å². The average Bonchev–Trinajstić information content (AvgIpc) is 2.03. The molecule has 0 aliphatic rings. The molecule has 0 aromatic carbocycles. The molecule has 0 saturated carbocycles. The van der Waals surface area contributed by atoms with E-state index in [1.807, 2.05) is 6.92 Å². The van der Waals surface area contributed by atoms with Crippen molar-refractivity contribution in [1.29, 1.82) is 0 Å². The van der Waals surface area contributed by atoms with Crippen molar-refractivity contribution in [2.45, 2.75) is 32.6 Å². The molecule has 0 aliphatic carbocycles. The van der Waals surface area contributed by atoms with E-state index in [9.17, 15) is 0 Å². The standard InChI is InChI=1S/C9H15Cl.I2/c1-7(2)5-6-9(10)8(3)4;1-2/h5,9H,3,6H2,1-2,4H3;. The van der Waals surface area contributed by atoms with E-state index in [1.165, 1.54) is 5.57 Å². The lowest BCUT2D eigenvalue weighted by molar-refractivity contribution is 0.981. The van der Waals surface area contributed by atoms with Crippen LogP contribution in [0.1, 0.15) is 27.2 Å². The predicted octanol–water partition coefficient (Wildman–Crippen LogP) is 5.30. The van der Waals surface area contributed by atoms with Crippen LogP contribution in [0.2, 0.25) is 0 Å². The molecule has 0 N–H and O–H groups in total. The minimum atomic E-state index is 0.106. The summed E-state index contributed by atoms with van der Waals surface area (Å²) in [5.74, 6) is 0. The maximum atomic E-state index is 5.92. The van der Waals surface area contributed by atoms with Crippen LogP contribution in [0, 0.1) is 0 Å². The molecule has 1 unspecified atom stereocenters. The maximum absolute atomic E-state index is 5.92. The summed E-state index contributed by atoms with van der Waals surface area (Å²) in [5.41, 5.74) is 2.35. The van der Waals surface area contributed by atoms with Gasteiger partial charge in [-0.1, -0.05) is 23.8 Å². The lowest BCUT2D eigenvalue weighted by Gasteiger charge is -2.04. The van der Waals surface area contributed by atoms with E-state index >= 15 is 0 Å². The Labute approximate surface area is 104 Å². The molecule has 0 bridgehead atoms. The van der Waals surface area contributed by atoms with Gasteiger partial charge in [0.15, 0.2) is 0 Å². The average molecular weight is 412 g/mol. The van der Waals surface area contributed by atoms with Gasteiger partial charge in [-0.15, -0.1) is 11.6 Å². The molecule has 3 heteroatoms. The van der Waals surface area contributed by atoms with Crippen LogP contribution in [-0.4, -0.2) is 5.38 Å². The Balaban J connectivity index is 0. The number of hydrogen-bond acceptors (Lipinski definition) is 0. The van der Waals surface area contributed by atoms with Crippen molar-refractivity contribution in [3.63, 3.8) is 0 Å². The molecular formula is C9H15ClI2. The Bertz CT molecular complexity index is 149. The summed E-state index contributed by atoms with van der Waals surface area (Å²) < 4.78 is 0. The molecule has 0 radical (unpaired) electrons. The van der Waals surface area contributed by atoms with Gasteiger partial charge in [0.1, 0.15) is 0 Å². The van der Waals surface area contributed by atoms with Gasteiger partial charge in [0.2, 0.25) is 0 Å². The summed E-state index contributed by atoms with van der Waals surface area (Å²) in [6.45, 7) is 9.87. The Hall–Kier alpha value is 1.23. The first-order chi connectivity index (χ1) is 5.54. The molecule has 0 saturated heterocycles. The number of alkyl halides is 1. The van der Waals surface area contributed by atoms with E-state index in [0.717, 1.165) is 12.0 Å². The zero-order valence-electron chi connectivity index (χ0n) is 7.70. The summed E-state index contributed by atoms with van der Waals surface area (Å²) in [6, 6.07) is 0. The SMILES string of the molecule is C=C(C)C(Cl)CC=C(C)C.II. The largest absolute Gasteiger partial charge is 0.118 e. The third kappa shape index (κ3) is 11.2. The highest BCUT2D eigenvalue weighted by molar-refractivity contribution is 15.0. The smallest absolute Gasteiger partial charge is 0.0574 e. The van der Waals surface area contributed by atoms with Crippen LogP contribution < -0.4 is 0 Å². The minimum absolute atomic E-state index is 0.106. The predicted molar refractivity (Wildman–Crippen MR) is 76.5 cm³/mol. The summed E-state index contributed by atoms with van der Waals surface area (Å²) >= 11 is 10.2. The third-order valence-corrected chi connectivity index (χ3v) is 1.82. The summed E-state index contributed by atoms with van der Waals surface area (Å²) in [7, 11) is 0. The van der Waals surface area contributed by atoms with E-state index in [2.05, 4.69) is 63.7 Å². The van der Waals surface area contributed by atoms with Crippen molar-refractivity contribution >= 4 is 48.8 Å². The quantitative estimate of drug-likeness (QED) is 0.335. The molecule has 0 heterocycles. The number of hydrogen-bond donors (Lipinski definition) is 0. The Morgan fingerprint density at radius 1 is 1.42 bits per heavy atom. The zero-order chi connectivity index (χ0) is 10.1. The second-order valence-electron chi connectivity index (χ2n) is 2.83. The lowest BCUT2D eigenvalue weighted by Crippen LogP contribution is -1.96. The summed E-state index contributed by atoms with van der Waals surface area (Å²) in [5, 5.41) is 0.106. The van der Waals surface area contributed by atoms with E-state index in [1.54, 1.807) is 0 Å². The van der Waals surface area contributed by atoms with Gasteiger partial charge in [-0.3, -0.25) is 0 Å². The van der Waals surface area contributed by atoms with Gasteiger partial charge in [-0.05, 0) is 27.2 Å². The van der Waals surface area contributed by atoms with Gasteiger partial charge < -0.3 is 0 Å². The monoisotopic (exact) mass is 412 g/mol. The Morgan fingerprint density at radius 3 is 2.08 bits per heavy atom. The first-order valence-electron chi connectivity index (χ1n) is 3.61. The van der Waals surface area contributed by atoms with Gasteiger partial charge in [0, 0.05) is 37.2 Å². The van der Waals surface area contributed by atoms with Crippen LogP contribution in [0.5, 0.6) is 0 Å². The molecule has 0 amide bonds. The van der Waals surface area contributed by atoms with Crippen LogP contribution in [0.4, 0.5) is 0 Å². The topological polar surface area (TPSA) is 0 Å². The van der Waals surface area contributed by atoms with E-state index < -0.39 is 0 Å². The lowest BCUT2D eigenvalue weighted by atomic mass is 10.1. The van der Waals surface area contributed by atoms with Crippen LogP contribution >= 0.6 is 48.8 Å². The van der Waals surface area contributed by atoms with Crippen LogP contribution in [0.3, 0.4) is 0 Å². The normalized spacial score (nSPS) is 10.8. The second kappa shape index (κ2) is 10.3. The van der Waals surface area contributed by atoms with Crippen molar-refractivity contribution < 1.29 is 0 Å². The fourth-order valence-electron chi connectivity index (χ4n) is 0.540. The Kier molecular flexibility index (Phi) is 13.5.